The Morgan fingerprint density at radius 1 is 1.11 bits per heavy atom. The van der Waals surface area contributed by atoms with Crippen molar-refractivity contribution in [2.45, 2.75) is 22.5 Å². The van der Waals surface area contributed by atoms with Crippen LogP contribution in [0.4, 0.5) is 11.6 Å². The van der Waals surface area contributed by atoms with Gasteiger partial charge in [-0.15, -0.1) is 23.1 Å². The summed E-state index contributed by atoms with van der Waals surface area (Å²) in [7, 11) is -3.83. The second-order valence-corrected chi connectivity index (χ2v) is 11.9. The number of carbonyl (C=O) groups excluding carboxylic acids is 2. The Kier molecular flexibility index (Phi) is 6.25. The first-order chi connectivity index (χ1) is 16.7. The smallest absolute Gasteiger partial charge is 0.264 e. The molecule has 2 aliphatic rings. The van der Waals surface area contributed by atoms with E-state index in [1.807, 2.05) is 6.07 Å². The highest BCUT2D eigenvalue weighted by Gasteiger charge is 2.28. The zero-order valence-corrected chi connectivity index (χ0v) is 21.2. The molecule has 10 nitrogen and oxygen atoms in total. The number of carbonyl (C=O) groups is 2. The molecule has 1 saturated heterocycles. The third kappa shape index (κ3) is 4.89. The lowest BCUT2D eigenvalue weighted by atomic mass is 10.1. The van der Waals surface area contributed by atoms with Crippen LogP contribution >= 0.6 is 23.1 Å². The number of nitrogens with two attached hydrogens (primary N) is 1. The third-order valence-electron chi connectivity index (χ3n) is 5.82. The molecule has 0 atom stereocenters. The average Bonchev–Trinajstić information content (AvgIpc) is 3.28. The van der Waals surface area contributed by atoms with Crippen LogP contribution in [-0.4, -0.2) is 66.2 Å². The molecule has 3 N–H and O–H groups in total. The van der Waals surface area contributed by atoms with Gasteiger partial charge in [0.1, 0.15) is 0 Å². The fraction of sp³-hybridized carbons (Fsp3) is 0.273. The minimum atomic E-state index is -3.83. The summed E-state index contributed by atoms with van der Waals surface area (Å²) in [5, 5.41) is 8.26. The molecule has 3 aromatic rings. The maximum absolute atomic E-state index is 13.1. The molecule has 0 spiro atoms. The van der Waals surface area contributed by atoms with E-state index in [4.69, 9.17) is 5.14 Å². The molecular weight excluding hydrogens is 508 g/mol. The lowest BCUT2D eigenvalue weighted by molar-refractivity contribution is -0.130. The van der Waals surface area contributed by atoms with E-state index < -0.39 is 10.0 Å². The van der Waals surface area contributed by atoms with Gasteiger partial charge in [0, 0.05) is 61.2 Å². The Balaban J connectivity index is 1.38. The van der Waals surface area contributed by atoms with E-state index in [2.05, 4.69) is 15.3 Å². The number of benzene rings is 1. The van der Waals surface area contributed by atoms with Crippen LogP contribution in [0.3, 0.4) is 0 Å². The maximum atomic E-state index is 13.1. The molecule has 13 heteroatoms. The van der Waals surface area contributed by atoms with Gasteiger partial charge >= 0.3 is 0 Å². The van der Waals surface area contributed by atoms with Gasteiger partial charge in [-0.3, -0.25) is 9.59 Å². The molecule has 2 amide bonds. The summed E-state index contributed by atoms with van der Waals surface area (Å²) in [5.74, 6) is 1.03. The summed E-state index contributed by atoms with van der Waals surface area (Å²) in [6.07, 6.45) is 1.72. The maximum Gasteiger partial charge on any atom is 0.264 e. The number of fused-ring (bicyclic) bond motifs is 3. The third-order valence-corrected chi connectivity index (χ3v) is 9.08. The summed E-state index contributed by atoms with van der Waals surface area (Å²) < 4.78 is 23.3. The normalized spacial score (nSPS) is 15.4. The van der Waals surface area contributed by atoms with Gasteiger partial charge in [0.2, 0.25) is 21.9 Å². The van der Waals surface area contributed by atoms with Crippen LogP contribution < -0.4 is 10.5 Å². The van der Waals surface area contributed by atoms with E-state index in [1.54, 1.807) is 46.8 Å². The van der Waals surface area contributed by atoms with E-state index >= 15 is 0 Å². The monoisotopic (exact) mass is 530 g/mol. The Hall–Kier alpha value is -3.00. The number of nitrogens with zero attached hydrogens (tertiary/aromatic N) is 4. The van der Waals surface area contributed by atoms with Crippen LogP contribution in [0.15, 0.2) is 46.3 Å². The number of nitrogens with one attached hydrogen (secondary N) is 1. The number of amides is 2. The Morgan fingerprint density at radius 3 is 2.57 bits per heavy atom. The van der Waals surface area contributed by atoms with Gasteiger partial charge in [-0.05, 0) is 24.3 Å². The zero-order valence-electron chi connectivity index (χ0n) is 18.7. The van der Waals surface area contributed by atoms with Crippen molar-refractivity contribution in [1.82, 2.24) is 19.8 Å². The van der Waals surface area contributed by atoms with Crippen molar-refractivity contribution in [1.29, 1.82) is 0 Å². The van der Waals surface area contributed by atoms with Crippen molar-refractivity contribution in [2.75, 3.05) is 31.5 Å². The van der Waals surface area contributed by atoms with E-state index in [0.29, 0.717) is 42.7 Å². The molecule has 35 heavy (non-hydrogen) atoms. The Morgan fingerprint density at radius 2 is 1.86 bits per heavy atom. The average molecular weight is 531 g/mol. The van der Waals surface area contributed by atoms with Crippen LogP contribution in [0.1, 0.15) is 21.5 Å². The lowest BCUT2D eigenvalue weighted by Gasteiger charge is -2.33. The fourth-order valence-electron chi connectivity index (χ4n) is 3.97. The van der Waals surface area contributed by atoms with E-state index in [-0.39, 0.29) is 16.7 Å². The summed E-state index contributed by atoms with van der Waals surface area (Å²) in [6.45, 7) is 3.65. The van der Waals surface area contributed by atoms with Crippen LogP contribution in [0.2, 0.25) is 0 Å². The number of thiophene rings is 1. The highest BCUT2D eigenvalue weighted by molar-refractivity contribution is 7.98. The molecule has 2 aromatic heterocycles. The molecule has 0 radical (unpaired) electrons. The summed E-state index contributed by atoms with van der Waals surface area (Å²) in [5.41, 5.74) is 2.12. The van der Waals surface area contributed by atoms with Gasteiger partial charge in [-0.2, -0.15) is 0 Å². The van der Waals surface area contributed by atoms with Gasteiger partial charge in [0.15, 0.2) is 0 Å². The predicted molar refractivity (Wildman–Crippen MR) is 134 cm³/mol. The van der Waals surface area contributed by atoms with E-state index in [0.717, 1.165) is 26.8 Å². The van der Waals surface area contributed by atoms with Crippen molar-refractivity contribution in [2.24, 2.45) is 5.14 Å². The molecule has 0 aliphatic carbocycles. The van der Waals surface area contributed by atoms with Gasteiger partial charge in [0.25, 0.3) is 5.91 Å². The number of hydrogen-bond donors (Lipinski definition) is 2. The van der Waals surface area contributed by atoms with Crippen LogP contribution in [0, 0.1) is 0 Å². The molecule has 2 aliphatic heterocycles. The standard InChI is InChI=1S/C22H22N6O4S3/c1-13(29)27-5-7-28(8-6-27)21(30)17-10-16-19(34-17)12-33-18-11-24-22(26-20(16)18)25-14-3-2-4-15(9-14)35(23,31)32/h2-4,9-11H,5-8,12H2,1H3,(H2,23,31,32)(H,24,25,26). The molecular formula is C22H22N6O4S3. The molecule has 0 saturated carbocycles. The largest absolute Gasteiger partial charge is 0.339 e. The number of primary sulfonamides is 1. The van der Waals surface area contributed by atoms with Crippen LogP contribution in [0.5, 0.6) is 0 Å². The number of thioether (sulfide) groups is 1. The van der Waals surface area contributed by atoms with Crippen molar-refractivity contribution in [3.63, 3.8) is 0 Å². The number of hydrogen-bond acceptors (Lipinski definition) is 9. The molecule has 5 rings (SSSR count). The summed E-state index contributed by atoms with van der Waals surface area (Å²) >= 11 is 3.08. The zero-order chi connectivity index (χ0) is 24.7. The minimum Gasteiger partial charge on any atom is -0.339 e. The SMILES string of the molecule is CC(=O)N1CCN(C(=O)c2cc3c(s2)CSc2cnc(Nc4cccc(S(N)(=O)=O)c4)nc2-3)CC1. The van der Waals surface area contributed by atoms with Crippen LogP contribution in [-0.2, 0) is 20.6 Å². The number of sulfonamides is 1. The second kappa shape index (κ2) is 9.22. The number of piperazine rings is 1. The van der Waals surface area contributed by atoms with Crippen molar-refractivity contribution in [3.05, 3.63) is 46.3 Å². The number of anilines is 2. The number of aromatic nitrogens is 2. The number of rotatable bonds is 4. The van der Waals surface area contributed by atoms with Crippen molar-refractivity contribution < 1.29 is 18.0 Å². The van der Waals surface area contributed by atoms with Crippen molar-refractivity contribution in [3.8, 4) is 11.3 Å². The van der Waals surface area contributed by atoms with Gasteiger partial charge in [-0.25, -0.2) is 23.5 Å². The first-order valence-corrected chi connectivity index (χ1v) is 14.1. The van der Waals surface area contributed by atoms with E-state index in [1.165, 1.54) is 23.5 Å². The molecule has 0 unspecified atom stereocenters. The highest BCUT2D eigenvalue weighted by atomic mass is 32.2. The topological polar surface area (TPSA) is 139 Å². The minimum absolute atomic E-state index is 0.0107. The molecule has 1 fully saturated rings. The molecule has 4 heterocycles. The molecule has 1 aromatic carbocycles. The Bertz CT molecular complexity index is 1430. The second-order valence-electron chi connectivity index (χ2n) is 8.14. The van der Waals surface area contributed by atoms with Gasteiger partial charge < -0.3 is 15.1 Å². The predicted octanol–water partition coefficient (Wildman–Crippen LogP) is 2.51. The first kappa shape index (κ1) is 23.7. The first-order valence-electron chi connectivity index (χ1n) is 10.8. The highest BCUT2D eigenvalue weighted by Crippen LogP contribution is 2.44. The molecule has 182 valence electrons. The summed E-state index contributed by atoms with van der Waals surface area (Å²) in [4.78, 5) is 39.9. The van der Waals surface area contributed by atoms with Crippen molar-refractivity contribution >= 4 is 56.6 Å². The fourth-order valence-corrected chi connectivity index (χ4v) is 6.73. The lowest BCUT2D eigenvalue weighted by Crippen LogP contribution is -2.49. The van der Waals surface area contributed by atoms with E-state index in [9.17, 15) is 18.0 Å². The molecule has 0 bridgehead atoms. The summed E-state index contributed by atoms with van der Waals surface area (Å²) in [6, 6.07) is 8.01. The van der Waals surface area contributed by atoms with Gasteiger partial charge in [-0.1, -0.05) is 6.07 Å². The Labute approximate surface area is 210 Å². The van der Waals surface area contributed by atoms with Gasteiger partial charge in [0.05, 0.1) is 20.4 Å². The van der Waals surface area contributed by atoms with Crippen LogP contribution in [0.25, 0.3) is 11.3 Å². The quantitative estimate of drug-likeness (QED) is 0.525.